The fraction of sp³-hybridized carbons (Fsp3) is 0.391. The van der Waals surface area contributed by atoms with Gasteiger partial charge in [0.1, 0.15) is 23.5 Å². The van der Waals surface area contributed by atoms with Crippen molar-refractivity contribution in [3.8, 4) is 23.0 Å². The second-order valence-corrected chi connectivity index (χ2v) is 8.57. The van der Waals surface area contributed by atoms with E-state index >= 15 is 0 Å². The summed E-state index contributed by atoms with van der Waals surface area (Å²) in [6, 6.07) is 6.84. The highest BCUT2D eigenvalue weighted by molar-refractivity contribution is 6.15. The molecule has 1 fully saturated rings. The molecule has 0 radical (unpaired) electrons. The molecular weight excluding hydrogens is 434 g/mol. The van der Waals surface area contributed by atoms with Crippen molar-refractivity contribution in [2.75, 3.05) is 21.0 Å². The molecule has 3 heterocycles. The van der Waals surface area contributed by atoms with Crippen LogP contribution in [0.15, 0.2) is 29.4 Å². The van der Waals surface area contributed by atoms with Crippen LogP contribution in [0.4, 0.5) is 0 Å². The molecule has 0 bridgehead atoms. The first-order chi connectivity index (χ1) is 15.8. The lowest BCUT2D eigenvalue weighted by atomic mass is 9.71. The van der Waals surface area contributed by atoms with Gasteiger partial charge < -0.3 is 38.4 Å². The highest BCUT2D eigenvalue weighted by atomic mass is 16.8. The van der Waals surface area contributed by atoms with E-state index in [9.17, 15) is 10.0 Å². The number of carbonyl (C=O) groups is 1. The molecule has 10 heteroatoms. The number of hydrogen-bond donors (Lipinski definition) is 1. The van der Waals surface area contributed by atoms with Gasteiger partial charge in [-0.3, -0.25) is 0 Å². The van der Waals surface area contributed by atoms with Gasteiger partial charge in [0.2, 0.25) is 12.4 Å². The Balaban J connectivity index is 1.66. The van der Waals surface area contributed by atoms with E-state index in [1.165, 1.54) is 14.2 Å². The molecule has 0 amide bonds. The van der Waals surface area contributed by atoms with Crippen LogP contribution in [0.25, 0.3) is 0 Å². The van der Waals surface area contributed by atoms with Crippen LogP contribution in [0, 0.1) is 0 Å². The minimum atomic E-state index is -1.60. The maximum Gasteiger partial charge on any atom is 0.343 e. The number of oxime groups is 1. The van der Waals surface area contributed by atoms with Gasteiger partial charge in [-0.2, -0.15) is 0 Å². The molecule has 1 spiro atoms. The van der Waals surface area contributed by atoms with Crippen molar-refractivity contribution >= 4 is 11.7 Å². The Morgan fingerprint density at radius 2 is 1.85 bits per heavy atom. The van der Waals surface area contributed by atoms with Crippen molar-refractivity contribution in [3.05, 3.63) is 46.5 Å². The maximum atomic E-state index is 13.3. The van der Waals surface area contributed by atoms with Crippen molar-refractivity contribution in [1.29, 1.82) is 0 Å². The van der Waals surface area contributed by atoms with Gasteiger partial charge in [0.25, 0.3) is 0 Å². The number of hydrogen-bond acceptors (Lipinski definition) is 10. The van der Waals surface area contributed by atoms with E-state index in [4.69, 9.17) is 33.2 Å². The molecule has 1 aliphatic carbocycles. The summed E-state index contributed by atoms with van der Waals surface area (Å²) in [4.78, 5) is 13.3. The van der Waals surface area contributed by atoms with E-state index in [-0.39, 0.29) is 23.8 Å². The number of nitrogens with zero attached hydrogens (tertiary/aromatic N) is 1. The number of ether oxygens (including phenoxy) is 7. The van der Waals surface area contributed by atoms with E-state index in [2.05, 4.69) is 5.16 Å². The van der Waals surface area contributed by atoms with E-state index < -0.39 is 29.6 Å². The zero-order valence-electron chi connectivity index (χ0n) is 18.3. The molecule has 3 aliphatic heterocycles. The standard InChI is InChI=1S/C23H21NO9/c1-22(2)31-17-10-7-14-15(30-9-29-14)8-11(10)19(24-26)23(20(17)32-22)12-5-6-13(27-3)18(28-4)16(12)21(25)33-23/h5-8,17,20,26H,9H2,1-4H3/b24-19+. The van der Waals surface area contributed by atoms with E-state index in [0.717, 1.165) is 0 Å². The third-order valence-corrected chi connectivity index (χ3v) is 6.46. The topological polar surface area (TPSA) is 114 Å². The Labute approximate surface area is 188 Å². The number of carbonyl (C=O) groups excluding carboxylic acids is 1. The normalized spacial score (nSPS) is 29.0. The Bertz CT molecular complexity index is 1240. The fourth-order valence-electron chi connectivity index (χ4n) is 5.23. The predicted octanol–water partition coefficient (Wildman–Crippen LogP) is 2.88. The molecule has 4 aliphatic rings. The van der Waals surface area contributed by atoms with Gasteiger partial charge in [0.05, 0.1) is 14.2 Å². The largest absolute Gasteiger partial charge is 0.493 e. The number of benzene rings is 2. The quantitative estimate of drug-likeness (QED) is 0.415. The summed E-state index contributed by atoms with van der Waals surface area (Å²) in [6.07, 6.45) is -1.50. The molecule has 3 unspecified atom stereocenters. The lowest BCUT2D eigenvalue weighted by molar-refractivity contribution is -0.161. The summed E-state index contributed by atoms with van der Waals surface area (Å²) in [6.45, 7) is 3.61. The number of esters is 1. The highest BCUT2D eigenvalue weighted by Crippen LogP contribution is 2.59. The van der Waals surface area contributed by atoms with Gasteiger partial charge in [-0.1, -0.05) is 5.16 Å². The number of methoxy groups -OCH3 is 2. The zero-order valence-corrected chi connectivity index (χ0v) is 18.3. The van der Waals surface area contributed by atoms with Crippen LogP contribution in [-0.2, 0) is 19.8 Å². The molecule has 3 atom stereocenters. The monoisotopic (exact) mass is 455 g/mol. The van der Waals surface area contributed by atoms with Crippen molar-refractivity contribution in [3.63, 3.8) is 0 Å². The molecule has 2 aromatic carbocycles. The van der Waals surface area contributed by atoms with Crippen LogP contribution in [0.3, 0.4) is 0 Å². The van der Waals surface area contributed by atoms with Gasteiger partial charge >= 0.3 is 5.97 Å². The Hall–Kier alpha value is -3.50. The summed E-state index contributed by atoms with van der Waals surface area (Å²) in [7, 11) is 2.92. The van der Waals surface area contributed by atoms with E-state index in [1.54, 1.807) is 38.1 Å². The average Bonchev–Trinajstić information content (AvgIpc) is 3.47. The number of fused-ring (bicyclic) bond motifs is 7. The molecule has 6 rings (SSSR count). The van der Waals surface area contributed by atoms with Crippen LogP contribution in [0.2, 0.25) is 0 Å². The first-order valence-electron chi connectivity index (χ1n) is 10.4. The SMILES string of the molecule is COc1ccc2c(c1OC)C(=O)OC21/C(=N/O)c2cc3c(cc2C2OC(C)(C)OC21)OCO3. The number of rotatable bonds is 2. The average molecular weight is 455 g/mol. The fourth-order valence-corrected chi connectivity index (χ4v) is 5.23. The summed E-state index contributed by atoms with van der Waals surface area (Å²) in [5.74, 6) is -0.0406. The van der Waals surface area contributed by atoms with E-state index in [0.29, 0.717) is 33.9 Å². The Kier molecular flexibility index (Phi) is 3.98. The Morgan fingerprint density at radius 1 is 1.09 bits per heavy atom. The van der Waals surface area contributed by atoms with Crippen LogP contribution in [0.5, 0.6) is 23.0 Å². The van der Waals surface area contributed by atoms with Gasteiger partial charge in [-0.05, 0) is 43.7 Å². The smallest absolute Gasteiger partial charge is 0.343 e. The van der Waals surface area contributed by atoms with Crippen molar-refractivity contribution in [2.24, 2.45) is 5.16 Å². The second-order valence-electron chi connectivity index (χ2n) is 8.57. The van der Waals surface area contributed by atoms with Crippen LogP contribution in [0.1, 0.15) is 47.0 Å². The molecule has 10 nitrogen and oxygen atoms in total. The van der Waals surface area contributed by atoms with Gasteiger partial charge in [-0.15, -0.1) is 0 Å². The molecule has 33 heavy (non-hydrogen) atoms. The minimum absolute atomic E-state index is 0.0702. The second kappa shape index (κ2) is 6.52. The van der Waals surface area contributed by atoms with Crippen LogP contribution >= 0.6 is 0 Å². The van der Waals surface area contributed by atoms with Crippen LogP contribution in [-0.4, -0.2) is 49.8 Å². The molecule has 0 saturated carbocycles. The first-order valence-corrected chi connectivity index (χ1v) is 10.4. The predicted molar refractivity (Wildman–Crippen MR) is 110 cm³/mol. The molecule has 172 valence electrons. The molecular formula is C23H21NO9. The van der Waals surface area contributed by atoms with Gasteiger partial charge in [0.15, 0.2) is 28.8 Å². The van der Waals surface area contributed by atoms with Gasteiger partial charge in [0, 0.05) is 11.1 Å². The molecule has 1 N–H and O–H groups in total. The minimum Gasteiger partial charge on any atom is -0.493 e. The van der Waals surface area contributed by atoms with Crippen molar-refractivity contribution in [2.45, 2.75) is 37.4 Å². The first kappa shape index (κ1) is 20.1. The van der Waals surface area contributed by atoms with Crippen molar-refractivity contribution < 1.29 is 43.2 Å². The summed E-state index contributed by atoms with van der Waals surface area (Å²) in [5, 5.41) is 13.9. The van der Waals surface area contributed by atoms with Gasteiger partial charge in [-0.25, -0.2) is 4.79 Å². The summed E-state index contributed by atoms with van der Waals surface area (Å²) in [5.41, 5.74) is 0.280. The summed E-state index contributed by atoms with van der Waals surface area (Å²) < 4.78 is 40.6. The highest BCUT2D eigenvalue weighted by Gasteiger charge is 2.67. The summed E-state index contributed by atoms with van der Waals surface area (Å²) >= 11 is 0. The van der Waals surface area contributed by atoms with Crippen LogP contribution < -0.4 is 18.9 Å². The lowest BCUT2D eigenvalue weighted by Crippen LogP contribution is -2.53. The Morgan fingerprint density at radius 3 is 2.55 bits per heavy atom. The third-order valence-electron chi connectivity index (χ3n) is 6.46. The molecule has 2 aromatic rings. The zero-order chi connectivity index (χ0) is 23.1. The van der Waals surface area contributed by atoms with Crippen molar-refractivity contribution in [1.82, 2.24) is 0 Å². The maximum absolute atomic E-state index is 13.3. The van der Waals surface area contributed by atoms with E-state index in [1.807, 2.05) is 0 Å². The third kappa shape index (κ3) is 2.44. The molecule has 0 aromatic heterocycles. The lowest BCUT2D eigenvalue weighted by Gasteiger charge is -2.41. The molecule has 1 saturated heterocycles.